The zero-order valence-electron chi connectivity index (χ0n) is 11.9. The molecule has 108 valence electrons. The Bertz CT molecular complexity index is 636. The van der Waals surface area contributed by atoms with Gasteiger partial charge < -0.3 is 11.1 Å². The predicted molar refractivity (Wildman–Crippen MR) is 90.3 cm³/mol. The van der Waals surface area contributed by atoms with E-state index in [1.54, 1.807) is 0 Å². The summed E-state index contributed by atoms with van der Waals surface area (Å²) in [6, 6.07) is 6.05. The van der Waals surface area contributed by atoms with Gasteiger partial charge in [0.15, 0.2) is 0 Å². The van der Waals surface area contributed by atoms with E-state index < -0.39 is 0 Å². The zero-order valence-corrected chi connectivity index (χ0v) is 14.3. The van der Waals surface area contributed by atoms with Crippen LogP contribution in [0, 0.1) is 5.92 Å². The van der Waals surface area contributed by atoms with Gasteiger partial charge in [0, 0.05) is 20.6 Å². The molecule has 0 bridgehead atoms. The van der Waals surface area contributed by atoms with Crippen molar-refractivity contribution in [2.75, 3.05) is 5.73 Å². The van der Waals surface area contributed by atoms with Crippen molar-refractivity contribution in [2.45, 2.75) is 33.2 Å². The molecule has 0 radical (unpaired) electrons. The molecule has 0 aliphatic heterocycles. The van der Waals surface area contributed by atoms with Gasteiger partial charge in [0.25, 0.3) is 5.91 Å². The van der Waals surface area contributed by atoms with E-state index in [1.165, 1.54) is 11.3 Å². The van der Waals surface area contributed by atoms with E-state index in [0.717, 1.165) is 21.0 Å². The Morgan fingerprint density at radius 1 is 1.40 bits per heavy atom. The minimum atomic E-state index is -0.0760. The molecule has 2 rings (SSSR count). The normalized spacial score (nSPS) is 12.8. The molecule has 0 saturated carbocycles. The van der Waals surface area contributed by atoms with Crippen molar-refractivity contribution in [1.29, 1.82) is 0 Å². The summed E-state index contributed by atoms with van der Waals surface area (Å²) in [5.41, 5.74) is 6.68. The Kier molecular flexibility index (Phi) is 4.70. The van der Waals surface area contributed by atoms with Gasteiger partial charge in [-0.15, -0.1) is 11.3 Å². The summed E-state index contributed by atoms with van der Waals surface area (Å²) in [4.78, 5) is 12.9. The number of amides is 1. The second kappa shape index (κ2) is 6.14. The van der Waals surface area contributed by atoms with Gasteiger partial charge in [0.05, 0.1) is 5.69 Å². The standard InChI is InChI=1S/C15H19BrN2OS/c1-8(2)6-9(3)18-15(19)14-13(17)11-7-10(16)4-5-12(11)20-14/h4-5,7-9H,6,17H2,1-3H3,(H,18,19). The number of rotatable bonds is 4. The highest BCUT2D eigenvalue weighted by Gasteiger charge is 2.18. The third-order valence-corrected chi connectivity index (χ3v) is 4.78. The Morgan fingerprint density at radius 3 is 2.75 bits per heavy atom. The minimum Gasteiger partial charge on any atom is -0.397 e. The van der Waals surface area contributed by atoms with E-state index in [0.29, 0.717) is 16.5 Å². The Labute approximate surface area is 131 Å². The largest absolute Gasteiger partial charge is 0.397 e. The van der Waals surface area contributed by atoms with Crippen LogP contribution < -0.4 is 11.1 Å². The molecular formula is C15H19BrN2OS. The molecule has 0 aliphatic carbocycles. The van der Waals surface area contributed by atoms with Crippen LogP contribution in [-0.4, -0.2) is 11.9 Å². The maximum absolute atomic E-state index is 12.3. The molecular weight excluding hydrogens is 336 g/mol. The molecule has 5 heteroatoms. The van der Waals surface area contributed by atoms with Crippen LogP contribution in [0.2, 0.25) is 0 Å². The van der Waals surface area contributed by atoms with Gasteiger partial charge in [0.1, 0.15) is 4.88 Å². The van der Waals surface area contributed by atoms with Crippen molar-refractivity contribution >= 4 is 48.9 Å². The molecule has 0 saturated heterocycles. The molecule has 2 aromatic rings. The lowest BCUT2D eigenvalue weighted by atomic mass is 10.1. The molecule has 3 N–H and O–H groups in total. The average molecular weight is 355 g/mol. The zero-order chi connectivity index (χ0) is 14.9. The lowest BCUT2D eigenvalue weighted by molar-refractivity contribution is 0.0941. The van der Waals surface area contributed by atoms with Crippen molar-refractivity contribution in [1.82, 2.24) is 5.32 Å². The number of anilines is 1. The lowest BCUT2D eigenvalue weighted by Crippen LogP contribution is -2.33. The molecule has 1 unspecified atom stereocenters. The number of hydrogen-bond acceptors (Lipinski definition) is 3. The van der Waals surface area contributed by atoms with Crippen molar-refractivity contribution in [3.8, 4) is 0 Å². The molecule has 0 spiro atoms. The fourth-order valence-electron chi connectivity index (χ4n) is 2.31. The number of thiophene rings is 1. The fourth-order valence-corrected chi connectivity index (χ4v) is 3.68. The van der Waals surface area contributed by atoms with Crippen LogP contribution in [0.3, 0.4) is 0 Å². The van der Waals surface area contributed by atoms with Crippen molar-refractivity contribution in [3.05, 3.63) is 27.5 Å². The first-order valence-corrected chi connectivity index (χ1v) is 8.27. The van der Waals surface area contributed by atoms with E-state index in [4.69, 9.17) is 5.73 Å². The summed E-state index contributed by atoms with van der Waals surface area (Å²) < 4.78 is 2.00. The van der Waals surface area contributed by atoms with Crippen LogP contribution in [0.25, 0.3) is 10.1 Å². The number of nitrogens with one attached hydrogen (secondary N) is 1. The molecule has 1 atom stereocenters. The molecule has 1 amide bonds. The van der Waals surface area contributed by atoms with Gasteiger partial charge in [-0.05, 0) is 37.5 Å². The van der Waals surface area contributed by atoms with E-state index in [-0.39, 0.29) is 11.9 Å². The van der Waals surface area contributed by atoms with Gasteiger partial charge in [-0.25, -0.2) is 0 Å². The van der Waals surface area contributed by atoms with E-state index in [9.17, 15) is 4.79 Å². The average Bonchev–Trinajstić information content (AvgIpc) is 2.65. The SMILES string of the molecule is CC(C)CC(C)NC(=O)c1sc2ccc(Br)cc2c1N. The third-order valence-electron chi connectivity index (χ3n) is 3.10. The van der Waals surface area contributed by atoms with Crippen LogP contribution in [0.5, 0.6) is 0 Å². The van der Waals surface area contributed by atoms with Gasteiger partial charge in [-0.2, -0.15) is 0 Å². The first kappa shape index (κ1) is 15.3. The minimum absolute atomic E-state index is 0.0760. The highest BCUT2D eigenvalue weighted by atomic mass is 79.9. The summed E-state index contributed by atoms with van der Waals surface area (Å²) in [5, 5.41) is 3.96. The predicted octanol–water partition coefficient (Wildman–Crippen LogP) is 4.41. The summed E-state index contributed by atoms with van der Waals surface area (Å²) in [6.45, 7) is 6.32. The summed E-state index contributed by atoms with van der Waals surface area (Å²) in [7, 11) is 0. The van der Waals surface area contributed by atoms with Crippen LogP contribution >= 0.6 is 27.3 Å². The maximum atomic E-state index is 12.3. The molecule has 0 aliphatic rings. The van der Waals surface area contributed by atoms with Gasteiger partial charge >= 0.3 is 0 Å². The van der Waals surface area contributed by atoms with Crippen LogP contribution in [-0.2, 0) is 0 Å². The molecule has 1 heterocycles. The van der Waals surface area contributed by atoms with Gasteiger partial charge in [-0.3, -0.25) is 4.79 Å². The maximum Gasteiger partial charge on any atom is 0.263 e. The first-order chi connectivity index (χ1) is 9.38. The number of hydrogen-bond donors (Lipinski definition) is 2. The highest BCUT2D eigenvalue weighted by molar-refractivity contribution is 9.10. The van der Waals surface area contributed by atoms with Crippen LogP contribution in [0.15, 0.2) is 22.7 Å². The van der Waals surface area contributed by atoms with Gasteiger partial charge in [-0.1, -0.05) is 29.8 Å². The third kappa shape index (κ3) is 3.33. The fraction of sp³-hybridized carbons (Fsp3) is 0.400. The topological polar surface area (TPSA) is 55.1 Å². The number of carbonyl (C=O) groups is 1. The van der Waals surface area contributed by atoms with Gasteiger partial charge in [0.2, 0.25) is 0 Å². The first-order valence-electron chi connectivity index (χ1n) is 6.67. The second-order valence-corrected chi connectivity index (χ2v) is 7.46. The van der Waals surface area contributed by atoms with E-state index >= 15 is 0 Å². The Balaban J connectivity index is 2.24. The number of nitrogen functional groups attached to an aromatic ring is 1. The summed E-state index contributed by atoms with van der Waals surface area (Å²) in [6.07, 6.45) is 0.960. The molecule has 1 aromatic carbocycles. The smallest absolute Gasteiger partial charge is 0.263 e. The second-order valence-electron chi connectivity index (χ2n) is 5.49. The Morgan fingerprint density at radius 2 is 2.10 bits per heavy atom. The summed E-state index contributed by atoms with van der Waals surface area (Å²) >= 11 is 4.87. The molecule has 1 aromatic heterocycles. The quantitative estimate of drug-likeness (QED) is 0.854. The molecule has 0 fully saturated rings. The summed E-state index contributed by atoms with van der Waals surface area (Å²) in [5.74, 6) is 0.481. The monoisotopic (exact) mass is 354 g/mol. The van der Waals surface area contributed by atoms with Crippen molar-refractivity contribution in [3.63, 3.8) is 0 Å². The number of benzene rings is 1. The number of carbonyl (C=O) groups excluding carboxylic acids is 1. The van der Waals surface area contributed by atoms with Crippen molar-refractivity contribution in [2.24, 2.45) is 5.92 Å². The van der Waals surface area contributed by atoms with Crippen molar-refractivity contribution < 1.29 is 4.79 Å². The van der Waals surface area contributed by atoms with E-state index in [1.807, 2.05) is 25.1 Å². The highest BCUT2D eigenvalue weighted by Crippen LogP contribution is 2.35. The van der Waals surface area contributed by atoms with E-state index in [2.05, 4.69) is 35.1 Å². The number of fused-ring (bicyclic) bond motifs is 1. The van der Waals surface area contributed by atoms with Crippen LogP contribution in [0.4, 0.5) is 5.69 Å². The van der Waals surface area contributed by atoms with Crippen LogP contribution in [0.1, 0.15) is 36.9 Å². The molecule has 20 heavy (non-hydrogen) atoms. The Hall–Kier alpha value is -1.07. The number of halogens is 1. The number of nitrogens with two attached hydrogens (primary N) is 1. The lowest BCUT2D eigenvalue weighted by Gasteiger charge is -2.15. The molecule has 3 nitrogen and oxygen atoms in total.